The summed E-state index contributed by atoms with van der Waals surface area (Å²) in [5.41, 5.74) is 10.8. The molecular formula is C13H15N3OS. The number of rotatable bonds is 4. The highest BCUT2D eigenvalue weighted by atomic mass is 32.1. The summed E-state index contributed by atoms with van der Waals surface area (Å²) in [4.78, 5) is 17.6. The molecule has 0 radical (unpaired) electrons. The number of nitrogens with zero attached hydrogens (tertiary/aromatic N) is 2. The number of hydrogen-bond donors (Lipinski definition) is 1. The van der Waals surface area contributed by atoms with Crippen LogP contribution in [-0.4, -0.2) is 17.8 Å². The van der Waals surface area contributed by atoms with Gasteiger partial charge in [0.25, 0.3) is 0 Å². The molecule has 0 aliphatic heterocycles. The topological polar surface area (TPSA) is 59.2 Å². The highest BCUT2D eigenvalue weighted by Crippen LogP contribution is 2.22. The Bertz CT molecular complexity index is 551. The first-order chi connectivity index (χ1) is 8.58. The Morgan fingerprint density at radius 1 is 1.50 bits per heavy atom. The Morgan fingerprint density at radius 3 is 2.83 bits per heavy atom. The van der Waals surface area contributed by atoms with Gasteiger partial charge < -0.3 is 10.6 Å². The zero-order chi connectivity index (χ0) is 13.1. The Balaban J connectivity index is 2.18. The van der Waals surface area contributed by atoms with E-state index in [1.54, 1.807) is 17.4 Å². The van der Waals surface area contributed by atoms with Crippen molar-refractivity contribution in [3.63, 3.8) is 0 Å². The fourth-order valence-corrected chi connectivity index (χ4v) is 2.31. The number of thiazole rings is 1. The number of nitrogen functional groups attached to an aromatic ring is 1. The quantitative estimate of drug-likeness (QED) is 0.679. The molecule has 0 spiro atoms. The van der Waals surface area contributed by atoms with Crippen molar-refractivity contribution in [3.8, 4) is 0 Å². The van der Waals surface area contributed by atoms with Crippen molar-refractivity contribution in [2.75, 3.05) is 17.7 Å². The summed E-state index contributed by atoms with van der Waals surface area (Å²) in [6, 6.07) is 5.49. The lowest BCUT2D eigenvalue weighted by Crippen LogP contribution is -2.17. The van der Waals surface area contributed by atoms with Crippen LogP contribution in [0.5, 0.6) is 0 Å². The van der Waals surface area contributed by atoms with Crippen LogP contribution in [0.3, 0.4) is 0 Å². The number of hydrogen-bond acceptors (Lipinski definition) is 5. The van der Waals surface area contributed by atoms with Gasteiger partial charge in [-0.3, -0.25) is 4.79 Å². The number of aromatic nitrogens is 1. The molecular weight excluding hydrogens is 246 g/mol. The van der Waals surface area contributed by atoms with Gasteiger partial charge in [-0.05, 0) is 25.1 Å². The second-order valence-corrected chi connectivity index (χ2v) is 4.88. The fraction of sp³-hybridized carbons (Fsp3) is 0.231. The molecule has 5 heteroatoms. The standard InChI is InChI=1S/C13H15N3OS/c1-9(17)12-4-3-11(5-13(12)14)16(2)6-10-7-18-8-15-10/h3-5,7-8H,6,14H2,1-2H3. The van der Waals surface area contributed by atoms with Gasteiger partial charge >= 0.3 is 0 Å². The molecule has 18 heavy (non-hydrogen) atoms. The maximum absolute atomic E-state index is 11.3. The van der Waals surface area contributed by atoms with Gasteiger partial charge in [-0.15, -0.1) is 11.3 Å². The smallest absolute Gasteiger partial charge is 0.161 e. The summed E-state index contributed by atoms with van der Waals surface area (Å²) in [5, 5.41) is 2.02. The van der Waals surface area contributed by atoms with Crippen LogP contribution in [0.25, 0.3) is 0 Å². The number of Topliss-reactive ketones (excluding diaryl/α,β-unsaturated/α-hetero) is 1. The first kappa shape index (κ1) is 12.6. The van der Waals surface area contributed by atoms with Crippen molar-refractivity contribution < 1.29 is 4.79 Å². The molecule has 1 heterocycles. The second-order valence-electron chi connectivity index (χ2n) is 4.16. The largest absolute Gasteiger partial charge is 0.398 e. The van der Waals surface area contributed by atoms with E-state index in [1.165, 1.54) is 6.92 Å². The molecule has 0 fully saturated rings. The minimum Gasteiger partial charge on any atom is -0.398 e. The first-order valence-corrected chi connectivity index (χ1v) is 6.51. The van der Waals surface area contributed by atoms with Crippen molar-refractivity contribution in [2.45, 2.75) is 13.5 Å². The lowest BCUT2D eigenvalue weighted by atomic mass is 10.1. The number of benzene rings is 1. The van der Waals surface area contributed by atoms with Crippen molar-refractivity contribution in [1.82, 2.24) is 4.98 Å². The van der Waals surface area contributed by atoms with Gasteiger partial charge in [0.05, 0.1) is 17.7 Å². The van der Waals surface area contributed by atoms with Gasteiger partial charge in [0, 0.05) is 29.4 Å². The second kappa shape index (κ2) is 5.18. The maximum Gasteiger partial charge on any atom is 0.161 e. The molecule has 0 amide bonds. The molecule has 1 aromatic heterocycles. The molecule has 0 saturated heterocycles. The SMILES string of the molecule is CC(=O)c1ccc(N(C)Cc2cscn2)cc1N. The number of carbonyl (C=O) groups is 1. The Labute approximate surface area is 110 Å². The van der Waals surface area contributed by atoms with Crippen LogP contribution in [0.1, 0.15) is 23.0 Å². The Hall–Kier alpha value is -1.88. The number of nitrogens with two attached hydrogens (primary N) is 1. The van der Waals surface area contributed by atoms with Crippen LogP contribution in [0.4, 0.5) is 11.4 Å². The highest BCUT2D eigenvalue weighted by Gasteiger charge is 2.08. The van der Waals surface area contributed by atoms with Crippen LogP contribution in [0.15, 0.2) is 29.1 Å². The monoisotopic (exact) mass is 261 g/mol. The van der Waals surface area contributed by atoms with Gasteiger partial charge in [-0.25, -0.2) is 4.98 Å². The van der Waals surface area contributed by atoms with E-state index >= 15 is 0 Å². The molecule has 94 valence electrons. The zero-order valence-electron chi connectivity index (χ0n) is 10.4. The van der Waals surface area contributed by atoms with Crippen LogP contribution in [-0.2, 0) is 6.54 Å². The summed E-state index contributed by atoms with van der Waals surface area (Å²) >= 11 is 1.58. The fourth-order valence-electron chi connectivity index (χ4n) is 1.76. The van der Waals surface area contributed by atoms with E-state index in [0.717, 1.165) is 17.9 Å². The summed E-state index contributed by atoms with van der Waals surface area (Å²) in [6.07, 6.45) is 0. The maximum atomic E-state index is 11.3. The van der Waals surface area contributed by atoms with Crippen LogP contribution >= 0.6 is 11.3 Å². The van der Waals surface area contributed by atoms with Crippen molar-refractivity contribution in [1.29, 1.82) is 0 Å². The van der Waals surface area contributed by atoms with Gasteiger partial charge in [0.2, 0.25) is 0 Å². The summed E-state index contributed by atoms with van der Waals surface area (Å²) in [5.74, 6) is -0.0128. The number of carbonyl (C=O) groups excluding carboxylic acids is 1. The third kappa shape index (κ3) is 2.68. The molecule has 0 atom stereocenters. The predicted molar refractivity (Wildman–Crippen MR) is 75.1 cm³/mol. The molecule has 2 N–H and O–H groups in total. The molecule has 2 aromatic rings. The van der Waals surface area contributed by atoms with E-state index in [1.807, 2.05) is 30.1 Å². The molecule has 4 nitrogen and oxygen atoms in total. The Kier molecular flexibility index (Phi) is 3.62. The van der Waals surface area contributed by atoms with E-state index < -0.39 is 0 Å². The molecule has 0 unspecified atom stereocenters. The first-order valence-electron chi connectivity index (χ1n) is 5.56. The average molecular weight is 261 g/mol. The molecule has 0 aliphatic carbocycles. The zero-order valence-corrected chi connectivity index (χ0v) is 11.2. The number of anilines is 2. The number of ketones is 1. The van der Waals surface area contributed by atoms with Crippen molar-refractivity contribution in [2.24, 2.45) is 0 Å². The molecule has 2 rings (SSSR count). The van der Waals surface area contributed by atoms with E-state index in [-0.39, 0.29) is 5.78 Å². The minimum absolute atomic E-state index is 0.0128. The Morgan fingerprint density at radius 2 is 2.28 bits per heavy atom. The molecule has 1 aromatic carbocycles. The van der Waals surface area contributed by atoms with Gasteiger partial charge in [0.1, 0.15) is 0 Å². The van der Waals surface area contributed by atoms with Gasteiger partial charge in [-0.1, -0.05) is 0 Å². The van der Waals surface area contributed by atoms with E-state index in [4.69, 9.17) is 5.73 Å². The third-order valence-electron chi connectivity index (χ3n) is 2.74. The minimum atomic E-state index is -0.0128. The van der Waals surface area contributed by atoms with E-state index in [0.29, 0.717) is 11.3 Å². The average Bonchev–Trinajstić information content (AvgIpc) is 2.81. The summed E-state index contributed by atoms with van der Waals surface area (Å²) < 4.78 is 0. The van der Waals surface area contributed by atoms with E-state index in [9.17, 15) is 4.79 Å². The predicted octanol–water partition coefficient (Wildman–Crippen LogP) is 2.56. The molecule has 0 aliphatic rings. The van der Waals surface area contributed by atoms with Crippen LogP contribution in [0, 0.1) is 0 Å². The lowest BCUT2D eigenvalue weighted by Gasteiger charge is -2.19. The van der Waals surface area contributed by atoms with Gasteiger partial charge in [-0.2, -0.15) is 0 Å². The van der Waals surface area contributed by atoms with E-state index in [2.05, 4.69) is 9.88 Å². The van der Waals surface area contributed by atoms with Crippen molar-refractivity contribution in [3.05, 3.63) is 40.3 Å². The van der Waals surface area contributed by atoms with Crippen molar-refractivity contribution >= 4 is 28.5 Å². The van der Waals surface area contributed by atoms with Gasteiger partial charge in [0.15, 0.2) is 5.78 Å². The highest BCUT2D eigenvalue weighted by molar-refractivity contribution is 7.07. The van der Waals surface area contributed by atoms with Crippen LogP contribution in [0.2, 0.25) is 0 Å². The lowest BCUT2D eigenvalue weighted by molar-refractivity contribution is 0.101. The molecule has 0 saturated carbocycles. The normalized spacial score (nSPS) is 10.3. The summed E-state index contributed by atoms with van der Waals surface area (Å²) in [6.45, 7) is 2.24. The third-order valence-corrected chi connectivity index (χ3v) is 3.37. The summed E-state index contributed by atoms with van der Waals surface area (Å²) in [7, 11) is 1.97. The van der Waals surface area contributed by atoms with Crippen LogP contribution < -0.4 is 10.6 Å². The molecule has 0 bridgehead atoms.